The molecule has 0 unspecified atom stereocenters. The molecule has 4 aromatic rings. The van der Waals surface area contributed by atoms with Gasteiger partial charge >= 0.3 is 7.32 Å². The SMILES string of the molecule is CCCCCCCCOc1cccc(-c2ccc(OB(Oc3ccccc3)Oc3ccccc3)cc2)c1. The summed E-state index contributed by atoms with van der Waals surface area (Å²) in [6, 6.07) is 35.2. The Labute approximate surface area is 221 Å². The quantitative estimate of drug-likeness (QED) is 0.122. The minimum atomic E-state index is -0.936. The van der Waals surface area contributed by atoms with E-state index in [1.165, 1.54) is 32.1 Å². The van der Waals surface area contributed by atoms with Crippen LogP contribution >= 0.6 is 0 Å². The van der Waals surface area contributed by atoms with Crippen LogP contribution in [-0.2, 0) is 0 Å². The highest BCUT2D eigenvalue weighted by Gasteiger charge is 2.30. The standard InChI is InChI=1S/C32H35BO4/c1-2-3-4-5-6-13-25-34-32-20-14-15-28(26-32)27-21-23-31(24-22-27)37-33(35-29-16-9-7-10-17-29)36-30-18-11-8-12-19-30/h7-12,14-24,26H,2-6,13,25H2,1H3. The van der Waals surface area contributed by atoms with Gasteiger partial charge in [0.05, 0.1) is 6.61 Å². The summed E-state index contributed by atoms with van der Waals surface area (Å²) in [5.41, 5.74) is 2.19. The predicted octanol–water partition coefficient (Wildman–Crippen LogP) is 8.61. The molecule has 0 heterocycles. The molecular formula is C32H35BO4. The topological polar surface area (TPSA) is 36.9 Å². The Morgan fingerprint density at radius 2 is 1.03 bits per heavy atom. The van der Waals surface area contributed by atoms with E-state index in [9.17, 15) is 0 Å². The lowest BCUT2D eigenvalue weighted by Crippen LogP contribution is -2.36. The van der Waals surface area contributed by atoms with Crippen molar-refractivity contribution in [2.45, 2.75) is 45.4 Å². The molecule has 0 saturated heterocycles. The Bertz CT molecular complexity index is 1120. The van der Waals surface area contributed by atoms with Crippen molar-refractivity contribution in [3.63, 3.8) is 0 Å². The van der Waals surface area contributed by atoms with Gasteiger partial charge in [-0.25, -0.2) is 0 Å². The van der Waals surface area contributed by atoms with Crippen LogP contribution in [0.1, 0.15) is 45.4 Å². The van der Waals surface area contributed by atoms with Crippen molar-refractivity contribution in [1.29, 1.82) is 0 Å². The van der Waals surface area contributed by atoms with E-state index in [4.69, 9.17) is 18.7 Å². The lowest BCUT2D eigenvalue weighted by atomic mass is 10.1. The molecule has 5 heteroatoms. The lowest BCUT2D eigenvalue weighted by Gasteiger charge is -2.16. The summed E-state index contributed by atoms with van der Waals surface area (Å²) in [6.07, 6.45) is 7.54. The summed E-state index contributed by atoms with van der Waals surface area (Å²) >= 11 is 0. The molecule has 0 aromatic heterocycles. The summed E-state index contributed by atoms with van der Waals surface area (Å²) in [7, 11) is -0.936. The molecular weight excluding hydrogens is 459 g/mol. The first kappa shape index (κ1) is 26.2. The molecule has 37 heavy (non-hydrogen) atoms. The fourth-order valence-electron chi connectivity index (χ4n) is 3.97. The molecule has 4 nitrogen and oxygen atoms in total. The minimum absolute atomic E-state index is 0.649. The Kier molecular flexibility index (Phi) is 10.4. The molecule has 0 bridgehead atoms. The second kappa shape index (κ2) is 14.6. The van der Waals surface area contributed by atoms with Gasteiger partial charge in [-0.2, -0.15) is 0 Å². The predicted molar refractivity (Wildman–Crippen MR) is 151 cm³/mol. The molecule has 0 spiro atoms. The fraction of sp³-hybridized carbons (Fsp3) is 0.250. The highest BCUT2D eigenvalue weighted by atomic mass is 16.7. The first-order chi connectivity index (χ1) is 18.3. The first-order valence-corrected chi connectivity index (χ1v) is 13.2. The second-order valence-corrected chi connectivity index (χ2v) is 8.94. The molecule has 0 aliphatic rings. The van der Waals surface area contributed by atoms with Crippen molar-refractivity contribution in [2.24, 2.45) is 0 Å². The van der Waals surface area contributed by atoms with Crippen LogP contribution < -0.4 is 18.7 Å². The van der Waals surface area contributed by atoms with Crippen molar-refractivity contribution < 1.29 is 18.7 Å². The molecule has 190 valence electrons. The van der Waals surface area contributed by atoms with Crippen LogP contribution in [-0.4, -0.2) is 13.9 Å². The third kappa shape index (κ3) is 8.95. The zero-order chi connectivity index (χ0) is 25.5. The van der Waals surface area contributed by atoms with Gasteiger partial charge in [0.25, 0.3) is 0 Å². The van der Waals surface area contributed by atoms with Crippen LogP contribution in [0.25, 0.3) is 11.1 Å². The summed E-state index contributed by atoms with van der Waals surface area (Å²) in [5.74, 6) is 2.88. The third-order valence-electron chi connectivity index (χ3n) is 5.97. The van der Waals surface area contributed by atoms with Gasteiger partial charge in [-0.3, -0.25) is 0 Å². The molecule has 4 rings (SSSR count). The third-order valence-corrected chi connectivity index (χ3v) is 5.97. The van der Waals surface area contributed by atoms with Crippen LogP contribution in [0.3, 0.4) is 0 Å². The number of para-hydroxylation sites is 2. The molecule has 0 saturated carbocycles. The number of benzene rings is 4. The van der Waals surface area contributed by atoms with Crippen LogP contribution in [0.4, 0.5) is 0 Å². The van der Waals surface area contributed by atoms with Crippen molar-refractivity contribution >= 4 is 7.32 Å². The smallest absolute Gasteiger partial charge is 0.494 e. The van der Waals surface area contributed by atoms with Crippen molar-refractivity contribution in [3.8, 4) is 34.1 Å². The first-order valence-electron chi connectivity index (χ1n) is 13.2. The van der Waals surface area contributed by atoms with E-state index >= 15 is 0 Å². The average molecular weight is 494 g/mol. The maximum absolute atomic E-state index is 6.07. The Hall–Kier alpha value is -3.86. The monoisotopic (exact) mass is 494 g/mol. The van der Waals surface area contributed by atoms with Gasteiger partial charge in [-0.1, -0.05) is 99.7 Å². The van der Waals surface area contributed by atoms with Gasteiger partial charge < -0.3 is 18.7 Å². The number of hydrogen-bond donors (Lipinski definition) is 0. The van der Waals surface area contributed by atoms with Crippen LogP contribution in [0, 0.1) is 0 Å². The normalized spacial score (nSPS) is 10.5. The Morgan fingerprint density at radius 1 is 0.486 bits per heavy atom. The number of unbranched alkanes of at least 4 members (excludes halogenated alkanes) is 5. The largest absolute Gasteiger partial charge is 0.864 e. The summed E-state index contributed by atoms with van der Waals surface area (Å²) in [4.78, 5) is 0. The van der Waals surface area contributed by atoms with E-state index in [1.54, 1.807) is 0 Å². The van der Waals surface area contributed by atoms with Gasteiger partial charge in [0, 0.05) is 0 Å². The van der Waals surface area contributed by atoms with Gasteiger partial charge in [-0.15, -0.1) is 0 Å². The molecule has 0 aliphatic carbocycles. The highest BCUT2D eigenvalue weighted by molar-refractivity contribution is 6.39. The van der Waals surface area contributed by atoms with E-state index in [0.29, 0.717) is 17.2 Å². The average Bonchev–Trinajstić information content (AvgIpc) is 2.94. The van der Waals surface area contributed by atoms with Gasteiger partial charge in [0.15, 0.2) is 0 Å². The highest BCUT2D eigenvalue weighted by Crippen LogP contribution is 2.27. The molecule has 4 aromatic carbocycles. The number of hydrogen-bond acceptors (Lipinski definition) is 4. The lowest BCUT2D eigenvalue weighted by molar-refractivity contribution is 0.304. The van der Waals surface area contributed by atoms with Crippen LogP contribution in [0.2, 0.25) is 0 Å². The molecule has 0 amide bonds. The summed E-state index contributed by atoms with van der Waals surface area (Å²) < 4.78 is 24.0. The van der Waals surface area contributed by atoms with E-state index < -0.39 is 7.32 Å². The zero-order valence-corrected chi connectivity index (χ0v) is 21.6. The summed E-state index contributed by atoms with van der Waals surface area (Å²) in [6.45, 7) is 3.00. The van der Waals surface area contributed by atoms with Crippen molar-refractivity contribution in [1.82, 2.24) is 0 Å². The number of ether oxygens (including phenoxy) is 1. The maximum atomic E-state index is 6.07. The van der Waals surface area contributed by atoms with Gasteiger partial charge in [0.1, 0.15) is 23.0 Å². The van der Waals surface area contributed by atoms with E-state index in [0.717, 1.165) is 29.9 Å². The molecule has 0 N–H and O–H groups in total. The summed E-state index contributed by atoms with van der Waals surface area (Å²) in [5, 5.41) is 0. The molecule has 0 aliphatic heterocycles. The Balaban J connectivity index is 1.35. The molecule has 0 atom stereocenters. The van der Waals surface area contributed by atoms with E-state index in [-0.39, 0.29) is 0 Å². The minimum Gasteiger partial charge on any atom is -0.494 e. The Morgan fingerprint density at radius 3 is 1.65 bits per heavy atom. The second-order valence-electron chi connectivity index (χ2n) is 8.94. The zero-order valence-electron chi connectivity index (χ0n) is 21.6. The van der Waals surface area contributed by atoms with Gasteiger partial charge in [-0.05, 0) is 66.1 Å². The van der Waals surface area contributed by atoms with Crippen molar-refractivity contribution in [2.75, 3.05) is 6.61 Å². The van der Waals surface area contributed by atoms with E-state index in [1.807, 2.05) is 97.1 Å². The molecule has 0 fully saturated rings. The number of rotatable bonds is 15. The van der Waals surface area contributed by atoms with E-state index in [2.05, 4.69) is 19.1 Å². The maximum Gasteiger partial charge on any atom is 0.864 e. The van der Waals surface area contributed by atoms with Gasteiger partial charge in [0.2, 0.25) is 0 Å². The van der Waals surface area contributed by atoms with Crippen LogP contribution in [0.15, 0.2) is 109 Å². The molecule has 0 radical (unpaired) electrons. The van der Waals surface area contributed by atoms with Crippen molar-refractivity contribution in [3.05, 3.63) is 109 Å². The van der Waals surface area contributed by atoms with Crippen LogP contribution in [0.5, 0.6) is 23.0 Å². The fourth-order valence-corrected chi connectivity index (χ4v) is 3.97.